The SMILES string of the molecule is O=C1C=C(c2c[nH]c3cc(F)ccc23)C(=O)c2ccccc21. The maximum Gasteiger partial charge on any atom is 0.194 e. The number of halogens is 1. The highest BCUT2D eigenvalue weighted by Crippen LogP contribution is 2.32. The Morgan fingerprint density at radius 3 is 2.50 bits per heavy atom. The van der Waals surface area contributed by atoms with Gasteiger partial charge in [-0.2, -0.15) is 0 Å². The number of carbonyl (C=O) groups excluding carboxylic acids is 2. The molecule has 3 nitrogen and oxygen atoms in total. The van der Waals surface area contributed by atoms with Gasteiger partial charge in [-0.1, -0.05) is 24.3 Å². The van der Waals surface area contributed by atoms with Crippen molar-refractivity contribution in [1.82, 2.24) is 4.98 Å². The van der Waals surface area contributed by atoms with E-state index in [0.29, 0.717) is 33.2 Å². The van der Waals surface area contributed by atoms with Gasteiger partial charge >= 0.3 is 0 Å². The lowest BCUT2D eigenvalue weighted by molar-refractivity contribution is 0.100. The van der Waals surface area contributed by atoms with Crippen LogP contribution in [-0.4, -0.2) is 16.6 Å². The van der Waals surface area contributed by atoms with Crippen molar-refractivity contribution in [3.8, 4) is 0 Å². The van der Waals surface area contributed by atoms with Crippen LogP contribution in [0, 0.1) is 5.82 Å². The third-order valence-corrected chi connectivity index (χ3v) is 3.89. The molecule has 0 amide bonds. The van der Waals surface area contributed by atoms with E-state index < -0.39 is 0 Å². The number of allylic oxidation sites excluding steroid dienone is 2. The molecule has 1 aromatic heterocycles. The first-order valence-corrected chi connectivity index (χ1v) is 6.82. The fourth-order valence-corrected chi connectivity index (χ4v) is 2.84. The van der Waals surface area contributed by atoms with E-state index in [0.717, 1.165) is 0 Å². The molecule has 0 aliphatic heterocycles. The van der Waals surface area contributed by atoms with Crippen molar-refractivity contribution in [3.63, 3.8) is 0 Å². The summed E-state index contributed by atoms with van der Waals surface area (Å²) in [5.74, 6) is -0.742. The van der Waals surface area contributed by atoms with Gasteiger partial charge in [0.05, 0.1) is 0 Å². The summed E-state index contributed by atoms with van der Waals surface area (Å²) in [4.78, 5) is 27.8. The van der Waals surface area contributed by atoms with Crippen LogP contribution in [0.4, 0.5) is 4.39 Å². The summed E-state index contributed by atoms with van der Waals surface area (Å²) >= 11 is 0. The molecule has 0 unspecified atom stereocenters. The third-order valence-electron chi connectivity index (χ3n) is 3.89. The van der Waals surface area contributed by atoms with Crippen molar-refractivity contribution in [1.29, 1.82) is 0 Å². The minimum absolute atomic E-state index is 0.193. The highest BCUT2D eigenvalue weighted by molar-refractivity contribution is 6.39. The molecule has 1 aliphatic rings. The van der Waals surface area contributed by atoms with Crippen LogP contribution < -0.4 is 0 Å². The molecule has 0 saturated carbocycles. The molecule has 22 heavy (non-hydrogen) atoms. The van der Waals surface area contributed by atoms with Gasteiger partial charge in [0, 0.05) is 39.4 Å². The Morgan fingerprint density at radius 1 is 0.909 bits per heavy atom. The number of benzene rings is 2. The van der Waals surface area contributed by atoms with Gasteiger partial charge in [0.25, 0.3) is 0 Å². The second kappa shape index (κ2) is 4.49. The highest BCUT2D eigenvalue weighted by Gasteiger charge is 2.27. The van der Waals surface area contributed by atoms with Crippen LogP contribution in [0.2, 0.25) is 0 Å². The zero-order chi connectivity index (χ0) is 15.3. The third kappa shape index (κ3) is 1.74. The molecule has 4 rings (SSSR count). The van der Waals surface area contributed by atoms with Crippen LogP contribution >= 0.6 is 0 Å². The number of aromatic nitrogens is 1. The molecule has 0 radical (unpaired) electrons. The molecule has 2 aromatic carbocycles. The van der Waals surface area contributed by atoms with E-state index in [9.17, 15) is 14.0 Å². The zero-order valence-electron chi connectivity index (χ0n) is 11.4. The number of ketones is 2. The zero-order valence-corrected chi connectivity index (χ0v) is 11.4. The lowest BCUT2D eigenvalue weighted by Gasteiger charge is -2.14. The maximum atomic E-state index is 13.3. The van der Waals surface area contributed by atoms with Gasteiger partial charge in [0.15, 0.2) is 11.6 Å². The number of hydrogen-bond acceptors (Lipinski definition) is 2. The quantitative estimate of drug-likeness (QED) is 0.742. The summed E-state index contributed by atoms with van der Waals surface area (Å²) in [6.45, 7) is 0. The van der Waals surface area contributed by atoms with Crippen LogP contribution in [-0.2, 0) is 0 Å². The van der Waals surface area contributed by atoms with Crippen LogP contribution in [0.1, 0.15) is 26.3 Å². The Kier molecular flexibility index (Phi) is 2.60. The Bertz CT molecular complexity index is 982. The first kappa shape index (κ1) is 12.7. The van der Waals surface area contributed by atoms with E-state index in [2.05, 4.69) is 4.98 Å². The Balaban J connectivity index is 1.93. The number of carbonyl (C=O) groups is 2. The molecule has 1 heterocycles. The van der Waals surface area contributed by atoms with Crippen LogP contribution in [0.25, 0.3) is 16.5 Å². The fourth-order valence-electron chi connectivity index (χ4n) is 2.84. The predicted octanol–water partition coefficient (Wildman–Crippen LogP) is 3.77. The number of H-pyrrole nitrogens is 1. The van der Waals surface area contributed by atoms with Crippen molar-refractivity contribution in [3.05, 3.63) is 77.2 Å². The number of fused-ring (bicyclic) bond motifs is 2. The van der Waals surface area contributed by atoms with Gasteiger partial charge in [-0.05, 0) is 24.3 Å². The van der Waals surface area contributed by atoms with Crippen molar-refractivity contribution >= 4 is 28.0 Å². The molecule has 0 bridgehead atoms. The van der Waals surface area contributed by atoms with Crippen LogP contribution in [0.3, 0.4) is 0 Å². The van der Waals surface area contributed by atoms with Crippen LogP contribution in [0.15, 0.2) is 54.7 Å². The van der Waals surface area contributed by atoms with Crippen LogP contribution in [0.5, 0.6) is 0 Å². The Labute approximate surface area is 125 Å². The average molecular weight is 291 g/mol. The molecule has 1 aliphatic carbocycles. The standard InChI is InChI=1S/C18H10FNO2/c19-10-5-6-11-15(9-20-16(11)7-10)14-8-17(21)12-3-1-2-4-13(12)18(14)22/h1-9,20H. The predicted molar refractivity (Wildman–Crippen MR) is 81.3 cm³/mol. The van der Waals surface area contributed by atoms with Gasteiger partial charge in [-0.3, -0.25) is 9.59 Å². The smallest absolute Gasteiger partial charge is 0.194 e. The molecule has 106 valence electrons. The molecule has 0 atom stereocenters. The number of Topliss-reactive ketones (excluding diaryl/α,β-unsaturated/α-hetero) is 1. The number of rotatable bonds is 1. The van der Waals surface area contributed by atoms with Crippen molar-refractivity contribution in [2.45, 2.75) is 0 Å². The monoisotopic (exact) mass is 291 g/mol. The van der Waals surface area contributed by atoms with Gasteiger partial charge in [-0.15, -0.1) is 0 Å². The molecular formula is C18H10FNO2. The lowest BCUT2D eigenvalue weighted by Crippen LogP contribution is -2.15. The molecule has 0 spiro atoms. The minimum atomic E-state index is -0.355. The Morgan fingerprint density at radius 2 is 1.68 bits per heavy atom. The summed E-state index contributed by atoms with van der Waals surface area (Å²) in [6, 6.07) is 11.1. The molecule has 1 N–H and O–H groups in total. The number of hydrogen-bond donors (Lipinski definition) is 1. The van der Waals surface area contributed by atoms with Crippen molar-refractivity contribution < 1.29 is 14.0 Å². The van der Waals surface area contributed by atoms with E-state index in [1.807, 2.05) is 0 Å². The topological polar surface area (TPSA) is 49.9 Å². The minimum Gasteiger partial charge on any atom is -0.360 e. The average Bonchev–Trinajstić information content (AvgIpc) is 2.93. The molecule has 0 fully saturated rings. The molecule has 3 aromatic rings. The summed E-state index contributed by atoms with van der Waals surface area (Å²) < 4.78 is 13.3. The van der Waals surface area contributed by atoms with Gasteiger partial charge < -0.3 is 4.98 Å². The maximum absolute atomic E-state index is 13.3. The number of nitrogens with one attached hydrogen (secondary N) is 1. The highest BCUT2D eigenvalue weighted by atomic mass is 19.1. The second-order valence-electron chi connectivity index (χ2n) is 5.19. The van der Waals surface area contributed by atoms with E-state index in [-0.39, 0.29) is 17.4 Å². The summed E-state index contributed by atoms with van der Waals surface area (Å²) in [6.07, 6.45) is 2.99. The van der Waals surface area contributed by atoms with Gasteiger partial charge in [0.1, 0.15) is 5.82 Å². The van der Waals surface area contributed by atoms with E-state index in [4.69, 9.17) is 0 Å². The Hall–Kier alpha value is -3.01. The summed E-state index contributed by atoms with van der Waals surface area (Å²) in [7, 11) is 0. The summed E-state index contributed by atoms with van der Waals surface area (Å²) in [5.41, 5.74) is 2.36. The van der Waals surface area contributed by atoms with Crippen molar-refractivity contribution in [2.24, 2.45) is 0 Å². The normalized spacial score (nSPS) is 14.1. The van der Waals surface area contributed by atoms with E-state index >= 15 is 0 Å². The van der Waals surface area contributed by atoms with Crippen molar-refractivity contribution in [2.75, 3.05) is 0 Å². The fraction of sp³-hybridized carbons (Fsp3) is 0. The van der Waals surface area contributed by atoms with E-state index in [1.54, 1.807) is 36.5 Å². The second-order valence-corrected chi connectivity index (χ2v) is 5.19. The summed E-state index contributed by atoms with van der Waals surface area (Å²) in [5, 5.41) is 0.716. The first-order chi connectivity index (χ1) is 10.6. The molecule has 0 saturated heterocycles. The largest absolute Gasteiger partial charge is 0.360 e. The van der Waals surface area contributed by atoms with Gasteiger partial charge in [-0.25, -0.2) is 4.39 Å². The molecule has 4 heteroatoms. The van der Waals surface area contributed by atoms with E-state index in [1.165, 1.54) is 18.2 Å². The molecular weight excluding hydrogens is 281 g/mol. The lowest BCUT2D eigenvalue weighted by atomic mass is 9.86. The first-order valence-electron chi connectivity index (χ1n) is 6.82. The number of aromatic amines is 1. The van der Waals surface area contributed by atoms with Gasteiger partial charge in [0.2, 0.25) is 0 Å².